The van der Waals surface area contributed by atoms with Gasteiger partial charge in [0.05, 0.1) is 5.70 Å². The monoisotopic (exact) mass is 401 g/mol. The van der Waals surface area contributed by atoms with Crippen LogP contribution in [0.15, 0.2) is 102 Å². The van der Waals surface area contributed by atoms with E-state index < -0.39 is 0 Å². The van der Waals surface area contributed by atoms with Gasteiger partial charge in [0.2, 0.25) is 0 Å². The minimum absolute atomic E-state index is 0.898. The van der Waals surface area contributed by atoms with Crippen LogP contribution in [0.3, 0.4) is 0 Å². The van der Waals surface area contributed by atoms with Crippen LogP contribution in [0.2, 0.25) is 0 Å². The highest BCUT2D eigenvalue weighted by Crippen LogP contribution is 2.34. The molecule has 0 saturated carbocycles. The van der Waals surface area contributed by atoms with E-state index in [1.54, 1.807) is 0 Å². The van der Waals surface area contributed by atoms with E-state index >= 15 is 0 Å². The molecule has 1 nitrogen and oxygen atoms in total. The normalized spacial score (nSPS) is 11.4. The average Bonchev–Trinajstić information content (AvgIpc) is 2.81. The Bertz CT molecular complexity index is 1180. The van der Waals surface area contributed by atoms with Gasteiger partial charge in [0.15, 0.2) is 0 Å². The number of hydrogen-bond donors (Lipinski definition) is 0. The fourth-order valence-electron chi connectivity index (χ4n) is 3.83. The van der Waals surface area contributed by atoms with Gasteiger partial charge in [-0.15, -0.1) is 0 Å². The van der Waals surface area contributed by atoms with E-state index in [0.717, 1.165) is 11.3 Å². The molecule has 152 valence electrons. The molecule has 0 aliphatic rings. The van der Waals surface area contributed by atoms with Crippen molar-refractivity contribution in [2.24, 2.45) is 4.99 Å². The molecule has 0 unspecified atom stereocenters. The summed E-state index contributed by atoms with van der Waals surface area (Å²) in [6.07, 6.45) is 1.99. The third-order valence-corrected chi connectivity index (χ3v) is 5.64. The van der Waals surface area contributed by atoms with Crippen LogP contribution in [0.1, 0.15) is 23.6 Å². The zero-order chi connectivity index (χ0) is 21.8. The van der Waals surface area contributed by atoms with Gasteiger partial charge in [-0.2, -0.15) is 0 Å². The molecule has 0 fully saturated rings. The molecule has 0 radical (unpaired) electrons. The van der Waals surface area contributed by atoms with Crippen molar-refractivity contribution in [2.45, 2.75) is 20.8 Å². The number of nitrogens with zero attached hydrogens (tertiary/aromatic N) is 1. The molecule has 0 atom stereocenters. The van der Waals surface area contributed by atoms with Crippen molar-refractivity contribution in [3.05, 3.63) is 114 Å². The van der Waals surface area contributed by atoms with Gasteiger partial charge in [0, 0.05) is 5.56 Å². The minimum Gasteiger partial charge on any atom is -0.264 e. The topological polar surface area (TPSA) is 12.4 Å². The van der Waals surface area contributed by atoms with Gasteiger partial charge in [0.1, 0.15) is 0 Å². The van der Waals surface area contributed by atoms with Gasteiger partial charge in [-0.25, -0.2) is 0 Å². The summed E-state index contributed by atoms with van der Waals surface area (Å²) in [6.45, 7) is 9.95. The molecule has 4 aromatic rings. The molecular formula is C30H27N. The molecule has 0 aliphatic heterocycles. The van der Waals surface area contributed by atoms with Crippen LogP contribution in [0, 0.1) is 13.8 Å². The van der Waals surface area contributed by atoms with Crippen molar-refractivity contribution in [2.75, 3.05) is 0 Å². The highest BCUT2D eigenvalue weighted by Gasteiger charge is 2.09. The standard InChI is InChI=1S/C30H27N/c1-5-30(31-4)26-8-6-7-25(17-26)29-19-27(23-13-9-21(2)10-14-23)18-28(20-29)24-15-11-22(3)12-16-24/h5-20H,4H2,1-3H3/b30-5-. The Kier molecular flexibility index (Phi) is 5.95. The maximum Gasteiger partial charge on any atom is 0.0652 e. The fourth-order valence-corrected chi connectivity index (χ4v) is 3.83. The van der Waals surface area contributed by atoms with E-state index in [2.05, 4.69) is 117 Å². The van der Waals surface area contributed by atoms with Gasteiger partial charge in [-0.1, -0.05) is 83.9 Å². The van der Waals surface area contributed by atoms with Gasteiger partial charge in [-0.3, -0.25) is 4.99 Å². The number of rotatable bonds is 5. The average molecular weight is 402 g/mol. The van der Waals surface area contributed by atoms with Gasteiger partial charge >= 0.3 is 0 Å². The molecule has 31 heavy (non-hydrogen) atoms. The lowest BCUT2D eigenvalue weighted by Gasteiger charge is -2.13. The first-order valence-electron chi connectivity index (χ1n) is 10.6. The molecule has 1 heteroatoms. The van der Waals surface area contributed by atoms with Gasteiger partial charge < -0.3 is 0 Å². The Morgan fingerprint density at radius 3 is 1.55 bits per heavy atom. The second kappa shape index (κ2) is 8.97. The zero-order valence-corrected chi connectivity index (χ0v) is 18.4. The molecular weight excluding hydrogens is 374 g/mol. The molecule has 0 N–H and O–H groups in total. The highest BCUT2D eigenvalue weighted by molar-refractivity contribution is 5.82. The maximum absolute atomic E-state index is 4.17. The zero-order valence-electron chi connectivity index (χ0n) is 18.4. The SMILES string of the molecule is C=N/C(=C\C)c1cccc(-c2cc(-c3ccc(C)cc3)cc(-c3ccc(C)cc3)c2)c1. The van der Waals surface area contributed by atoms with E-state index in [1.807, 2.05) is 13.0 Å². The van der Waals surface area contributed by atoms with Crippen LogP contribution in [0.4, 0.5) is 0 Å². The highest BCUT2D eigenvalue weighted by atomic mass is 14.7. The third kappa shape index (κ3) is 4.57. The Morgan fingerprint density at radius 1 is 0.613 bits per heavy atom. The maximum atomic E-state index is 4.17. The molecule has 4 aromatic carbocycles. The predicted molar refractivity (Wildman–Crippen MR) is 135 cm³/mol. The summed E-state index contributed by atoms with van der Waals surface area (Å²) >= 11 is 0. The van der Waals surface area contributed by atoms with Crippen molar-refractivity contribution in [3.63, 3.8) is 0 Å². The lowest BCUT2D eigenvalue weighted by atomic mass is 9.92. The smallest absolute Gasteiger partial charge is 0.0652 e. The second-order valence-electron chi connectivity index (χ2n) is 7.94. The Labute approximate surface area is 185 Å². The summed E-state index contributed by atoms with van der Waals surface area (Å²) in [4.78, 5) is 4.17. The Balaban J connectivity index is 1.89. The first-order chi connectivity index (χ1) is 15.1. The number of allylic oxidation sites excluding steroid dienone is 1. The van der Waals surface area contributed by atoms with E-state index in [9.17, 15) is 0 Å². The quantitative estimate of drug-likeness (QED) is 0.298. The lowest BCUT2D eigenvalue weighted by Crippen LogP contribution is -1.88. The van der Waals surface area contributed by atoms with E-state index in [1.165, 1.54) is 44.5 Å². The lowest BCUT2D eigenvalue weighted by molar-refractivity contribution is 1.46. The van der Waals surface area contributed by atoms with Crippen molar-refractivity contribution in [1.82, 2.24) is 0 Å². The summed E-state index contributed by atoms with van der Waals surface area (Å²) in [5.41, 5.74) is 11.7. The largest absolute Gasteiger partial charge is 0.264 e. The van der Waals surface area contributed by atoms with Crippen molar-refractivity contribution >= 4 is 12.4 Å². The van der Waals surface area contributed by atoms with Crippen LogP contribution in [-0.4, -0.2) is 6.72 Å². The molecule has 0 saturated heterocycles. The number of aliphatic imine (C=N–C) groups is 1. The molecule has 0 bridgehead atoms. The van der Waals surface area contributed by atoms with Crippen molar-refractivity contribution in [1.29, 1.82) is 0 Å². The second-order valence-corrected chi connectivity index (χ2v) is 7.94. The van der Waals surface area contributed by atoms with Crippen LogP contribution in [0.5, 0.6) is 0 Å². The van der Waals surface area contributed by atoms with E-state index in [-0.39, 0.29) is 0 Å². The number of aryl methyl sites for hydroxylation is 2. The van der Waals surface area contributed by atoms with Crippen molar-refractivity contribution in [3.8, 4) is 33.4 Å². The summed E-state index contributed by atoms with van der Waals surface area (Å²) in [6, 6.07) is 32.8. The van der Waals surface area contributed by atoms with Crippen molar-refractivity contribution < 1.29 is 0 Å². The van der Waals surface area contributed by atoms with E-state index in [4.69, 9.17) is 0 Å². The van der Waals surface area contributed by atoms with Gasteiger partial charge in [-0.05, 0) is 85.1 Å². The first kappa shape index (κ1) is 20.6. The van der Waals surface area contributed by atoms with Gasteiger partial charge in [0.25, 0.3) is 0 Å². The summed E-state index contributed by atoms with van der Waals surface area (Å²) in [5.74, 6) is 0. The Hall–Kier alpha value is -3.71. The van der Waals surface area contributed by atoms with E-state index in [0.29, 0.717) is 0 Å². The van der Waals surface area contributed by atoms with Crippen LogP contribution >= 0.6 is 0 Å². The first-order valence-corrected chi connectivity index (χ1v) is 10.6. The van der Waals surface area contributed by atoms with Crippen LogP contribution < -0.4 is 0 Å². The van der Waals surface area contributed by atoms with Crippen LogP contribution in [-0.2, 0) is 0 Å². The molecule has 0 aliphatic carbocycles. The minimum atomic E-state index is 0.898. The molecule has 0 aromatic heterocycles. The predicted octanol–water partition coefficient (Wildman–Crippen LogP) is 8.37. The number of hydrogen-bond acceptors (Lipinski definition) is 1. The Morgan fingerprint density at radius 2 is 1.10 bits per heavy atom. The fraction of sp³-hybridized carbons (Fsp3) is 0.100. The summed E-state index contributed by atoms with van der Waals surface area (Å²) < 4.78 is 0. The summed E-state index contributed by atoms with van der Waals surface area (Å²) in [7, 11) is 0. The van der Waals surface area contributed by atoms with Crippen LogP contribution in [0.25, 0.3) is 39.1 Å². The molecule has 0 heterocycles. The summed E-state index contributed by atoms with van der Waals surface area (Å²) in [5, 5.41) is 0. The number of benzene rings is 4. The molecule has 0 amide bonds. The molecule has 4 rings (SSSR count). The third-order valence-electron chi connectivity index (χ3n) is 5.64. The molecule has 0 spiro atoms.